The molecule has 1 aliphatic rings. The summed E-state index contributed by atoms with van der Waals surface area (Å²) in [5.74, 6) is -0.0420. The maximum atomic E-state index is 12.5. The molecule has 0 aliphatic heterocycles. The van der Waals surface area contributed by atoms with E-state index in [1.165, 1.54) is 24.3 Å². The molecule has 3 heteroatoms. The number of esters is 1. The van der Waals surface area contributed by atoms with Crippen LogP contribution in [-0.4, -0.2) is 5.97 Å². The predicted octanol–water partition coefficient (Wildman–Crippen LogP) is 2.53. The van der Waals surface area contributed by atoms with Gasteiger partial charge < -0.3 is 4.74 Å². The zero-order valence-electron chi connectivity index (χ0n) is 7.70. The van der Waals surface area contributed by atoms with Crippen molar-refractivity contribution >= 4 is 5.97 Å². The quantitative estimate of drug-likeness (QED) is 0.534. The maximum Gasteiger partial charge on any atom is 0.314 e. The minimum absolute atomic E-state index is 0.0556. The van der Waals surface area contributed by atoms with Gasteiger partial charge in [0.2, 0.25) is 0 Å². The second-order valence-electron chi connectivity index (χ2n) is 3.50. The van der Waals surface area contributed by atoms with Crippen LogP contribution in [0.5, 0.6) is 5.75 Å². The molecule has 0 amide bonds. The fourth-order valence-electron chi connectivity index (χ4n) is 1.35. The summed E-state index contributed by atoms with van der Waals surface area (Å²) < 4.78 is 17.6. The molecule has 0 bridgehead atoms. The lowest BCUT2D eigenvalue weighted by molar-refractivity contribution is -0.141. The summed E-state index contributed by atoms with van der Waals surface area (Å²) in [6, 6.07) is 5.49. The predicted molar refractivity (Wildman–Crippen MR) is 49.4 cm³/mol. The van der Waals surface area contributed by atoms with Gasteiger partial charge in [0.15, 0.2) is 0 Å². The van der Waals surface area contributed by atoms with Gasteiger partial charge in [-0.15, -0.1) is 0 Å². The number of carbonyl (C=O) groups is 1. The van der Waals surface area contributed by atoms with E-state index in [2.05, 4.69) is 0 Å². The molecule has 1 saturated carbocycles. The van der Waals surface area contributed by atoms with E-state index in [4.69, 9.17) is 4.74 Å². The number of rotatable bonds is 2. The van der Waals surface area contributed by atoms with Crippen LogP contribution >= 0.6 is 0 Å². The summed E-state index contributed by atoms with van der Waals surface area (Å²) in [7, 11) is 0. The molecule has 0 heterocycles. The number of carbonyl (C=O) groups excluding carboxylic acids is 1. The SMILES string of the molecule is O=C(Oc1ccc(F)cc1)C1CCC1. The van der Waals surface area contributed by atoms with Crippen LogP contribution in [0.2, 0.25) is 0 Å². The average Bonchev–Trinajstić information content (AvgIpc) is 2.06. The zero-order chi connectivity index (χ0) is 9.97. The van der Waals surface area contributed by atoms with Crippen LogP contribution in [0.4, 0.5) is 4.39 Å². The molecule has 0 unspecified atom stereocenters. The minimum Gasteiger partial charge on any atom is -0.426 e. The molecule has 74 valence electrons. The molecular formula is C11H11FO2. The molecule has 1 aromatic carbocycles. The second kappa shape index (κ2) is 3.78. The summed E-state index contributed by atoms with van der Waals surface area (Å²) in [6.07, 6.45) is 2.93. The van der Waals surface area contributed by atoms with E-state index >= 15 is 0 Å². The first-order chi connectivity index (χ1) is 6.75. The lowest BCUT2D eigenvalue weighted by atomic mass is 9.86. The molecule has 0 atom stereocenters. The molecule has 0 spiro atoms. The van der Waals surface area contributed by atoms with Gasteiger partial charge in [-0.2, -0.15) is 0 Å². The lowest BCUT2D eigenvalue weighted by Gasteiger charge is -2.22. The summed E-state index contributed by atoms with van der Waals surface area (Å²) in [4.78, 5) is 11.4. The Bertz CT molecular complexity index is 328. The van der Waals surface area contributed by atoms with Gasteiger partial charge in [0, 0.05) is 0 Å². The Kier molecular flexibility index (Phi) is 2.48. The van der Waals surface area contributed by atoms with Gasteiger partial charge in [-0.1, -0.05) is 6.42 Å². The molecule has 1 fully saturated rings. The van der Waals surface area contributed by atoms with Crippen molar-refractivity contribution in [2.24, 2.45) is 5.92 Å². The highest BCUT2D eigenvalue weighted by Crippen LogP contribution is 2.28. The molecule has 0 radical (unpaired) electrons. The van der Waals surface area contributed by atoms with E-state index in [1.807, 2.05) is 0 Å². The van der Waals surface area contributed by atoms with Gasteiger partial charge in [-0.05, 0) is 37.1 Å². The summed E-state index contributed by atoms with van der Waals surface area (Å²) in [5, 5.41) is 0. The Labute approximate surface area is 81.7 Å². The van der Waals surface area contributed by atoms with Crippen molar-refractivity contribution < 1.29 is 13.9 Å². The molecule has 1 aromatic rings. The lowest BCUT2D eigenvalue weighted by Crippen LogP contribution is -2.26. The fraction of sp³-hybridized carbons (Fsp3) is 0.364. The van der Waals surface area contributed by atoms with Crippen molar-refractivity contribution in [3.8, 4) is 5.75 Å². The van der Waals surface area contributed by atoms with Crippen LogP contribution < -0.4 is 4.74 Å². The standard InChI is InChI=1S/C11H11FO2/c12-9-4-6-10(7-5-9)14-11(13)8-2-1-3-8/h4-8H,1-3H2. The van der Waals surface area contributed by atoms with Gasteiger partial charge in [0.25, 0.3) is 0 Å². The van der Waals surface area contributed by atoms with Crippen molar-refractivity contribution in [2.75, 3.05) is 0 Å². The van der Waals surface area contributed by atoms with E-state index in [1.54, 1.807) is 0 Å². The monoisotopic (exact) mass is 194 g/mol. The molecule has 1 aliphatic carbocycles. The van der Waals surface area contributed by atoms with Gasteiger partial charge in [-0.3, -0.25) is 4.79 Å². The molecular weight excluding hydrogens is 183 g/mol. The first kappa shape index (κ1) is 9.19. The summed E-state index contributed by atoms with van der Waals surface area (Å²) >= 11 is 0. The van der Waals surface area contributed by atoms with Gasteiger partial charge in [0.1, 0.15) is 11.6 Å². The summed E-state index contributed by atoms with van der Waals surface area (Å²) in [6.45, 7) is 0. The number of benzene rings is 1. The normalized spacial score (nSPS) is 16.1. The van der Waals surface area contributed by atoms with Crippen LogP contribution in [0.25, 0.3) is 0 Å². The van der Waals surface area contributed by atoms with Crippen LogP contribution in [0, 0.1) is 11.7 Å². The van der Waals surface area contributed by atoms with E-state index in [-0.39, 0.29) is 17.7 Å². The highest BCUT2D eigenvalue weighted by molar-refractivity contribution is 5.75. The Hall–Kier alpha value is -1.38. The molecule has 2 rings (SSSR count). The third-order valence-corrected chi connectivity index (χ3v) is 2.47. The minimum atomic E-state index is -0.326. The van der Waals surface area contributed by atoms with Gasteiger partial charge in [0.05, 0.1) is 5.92 Å². The highest BCUT2D eigenvalue weighted by Gasteiger charge is 2.26. The van der Waals surface area contributed by atoms with Crippen molar-refractivity contribution in [3.63, 3.8) is 0 Å². The maximum absolute atomic E-state index is 12.5. The number of hydrogen-bond acceptors (Lipinski definition) is 2. The first-order valence-corrected chi connectivity index (χ1v) is 4.73. The van der Waals surface area contributed by atoms with Crippen molar-refractivity contribution in [2.45, 2.75) is 19.3 Å². The molecule has 0 N–H and O–H groups in total. The van der Waals surface area contributed by atoms with Crippen LogP contribution in [0.1, 0.15) is 19.3 Å². The Morgan fingerprint density at radius 2 is 1.93 bits per heavy atom. The van der Waals surface area contributed by atoms with Crippen molar-refractivity contribution in [1.29, 1.82) is 0 Å². The Morgan fingerprint density at radius 1 is 1.29 bits per heavy atom. The number of ether oxygens (including phenoxy) is 1. The van der Waals surface area contributed by atoms with Crippen molar-refractivity contribution in [1.82, 2.24) is 0 Å². The molecule has 0 aromatic heterocycles. The number of halogens is 1. The first-order valence-electron chi connectivity index (χ1n) is 4.73. The Morgan fingerprint density at radius 3 is 2.43 bits per heavy atom. The smallest absolute Gasteiger partial charge is 0.314 e. The molecule has 0 saturated heterocycles. The van der Waals surface area contributed by atoms with Crippen LogP contribution in [-0.2, 0) is 4.79 Å². The molecule has 14 heavy (non-hydrogen) atoms. The average molecular weight is 194 g/mol. The van der Waals surface area contributed by atoms with Gasteiger partial charge >= 0.3 is 5.97 Å². The molecule has 2 nitrogen and oxygen atoms in total. The number of hydrogen-bond donors (Lipinski definition) is 0. The fourth-order valence-corrected chi connectivity index (χ4v) is 1.35. The Balaban J connectivity index is 1.96. The van der Waals surface area contributed by atoms with E-state index in [9.17, 15) is 9.18 Å². The van der Waals surface area contributed by atoms with Crippen molar-refractivity contribution in [3.05, 3.63) is 30.1 Å². The largest absolute Gasteiger partial charge is 0.426 e. The van der Waals surface area contributed by atoms with E-state index < -0.39 is 0 Å². The van der Waals surface area contributed by atoms with Crippen LogP contribution in [0.3, 0.4) is 0 Å². The van der Waals surface area contributed by atoms with E-state index in [0.717, 1.165) is 19.3 Å². The van der Waals surface area contributed by atoms with Crippen LogP contribution in [0.15, 0.2) is 24.3 Å². The third kappa shape index (κ3) is 1.92. The van der Waals surface area contributed by atoms with E-state index in [0.29, 0.717) is 5.75 Å². The third-order valence-electron chi connectivity index (χ3n) is 2.47. The topological polar surface area (TPSA) is 26.3 Å². The summed E-state index contributed by atoms with van der Waals surface area (Å²) in [5.41, 5.74) is 0. The zero-order valence-corrected chi connectivity index (χ0v) is 7.70. The second-order valence-corrected chi connectivity index (χ2v) is 3.50. The van der Waals surface area contributed by atoms with Gasteiger partial charge in [-0.25, -0.2) is 4.39 Å². The highest BCUT2D eigenvalue weighted by atomic mass is 19.1.